The number of carbonyl (C=O) groups is 1. The smallest absolute Gasteiger partial charge is 0.230 e. The fourth-order valence-electron chi connectivity index (χ4n) is 6.01. The zero-order valence-electron chi connectivity index (χ0n) is 17.6. The second kappa shape index (κ2) is 7.92. The highest BCUT2D eigenvalue weighted by Crippen LogP contribution is 2.48. The van der Waals surface area contributed by atoms with Crippen molar-refractivity contribution in [1.29, 1.82) is 0 Å². The van der Waals surface area contributed by atoms with Crippen molar-refractivity contribution in [2.75, 3.05) is 46.0 Å². The summed E-state index contributed by atoms with van der Waals surface area (Å²) in [4.78, 5) is 17.2. The normalized spacial score (nSPS) is 27.6. The first-order valence-corrected chi connectivity index (χ1v) is 11.5. The van der Waals surface area contributed by atoms with E-state index in [0.29, 0.717) is 36.5 Å². The van der Waals surface area contributed by atoms with Crippen molar-refractivity contribution < 1.29 is 14.3 Å². The van der Waals surface area contributed by atoms with Crippen LogP contribution < -0.4 is 4.74 Å². The minimum Gasteiger partial charge on any atom is -0.494 e. The summed E-state index contributed by atoms with van der Waals surface area (Å²) >= 11 is 0. The summed E-state index contributed by atoms with van der Waals surface area (Å²) in [5.74, 6) is 2.16. The van der Waals surface area contributed by atoms with Crippen LogP contribution in [0.4, 0.5) is 0 Å². The first-order chi connectivity index (χ1) is 14.2. The van der Waals surface area contributed by atoms with E-state index in [1.807, 2.05) is 0 Å². The molecule has 3 heterocycles. The first-order valence-electron chi connectivity index (χ1n) is 11.5. The van der Waals surface area contributed by atoms with Crippen molar-refractivity contribution in [3.8, 4) is 5.75 Å². The third kappa shape index (κ3) is 3.68. The molecule has 1 atom stereocenters. The number of hydrogen-bond donors (Lipinski definition) is 0. The highest BCUT2D eigenvalue weighted by molar-refractivity contribution is 5.80. The number of piperidine rings is 1. The zero-order valence-corrected chi connectivity index (χ0v) is 17.6. The monoisotopic (exact) mass is 398 g/mol. The highest BCUT2D eigenvalue weighted by atomic mass is 16.5. The van der Waals surface area contributed by atoms with Crippen molar-refractivity contribution in [2.45, 2.75) is 51.0 Å². The molecular formula is C24H34N2O3. The molecule has 29 heavy (non-hydrogen) atoms. The Kier molecular flexibility index (Phi) is 5.29. The molecule has 1 aromatic rings. The van der Waals surface area contributed by atoms with Gasteiger partial charge in [-0.2, -0.15) is 0 Å². The number of para-hydroxylation sites is 1. The van der Waals surface area contributed by atoms with Gasteiger partial charge in [0.05, 0.1) is 25.7 Å². The summed E-state index contributed by atoms with van der Waals surface area (Å²) in [7, 11) is 0. The molecular weight excluding hydrogens is 364 g/mol. The van der Waals surface area contributed by atoms with E-state index in [2.05, 4.69) is 41.0 Å². The standard InChI is InChI=1S/C24H34N2O3/c1-2-29-22-6-4-3-5-21(22)18-8-11-25(12-9-18)20-7-10-24(13-20)16-26(17-24)23(27)19-14-28-15-19/h3-6,18-20H,2,7-17H2,1H3. The Morgan fingerprint density at radius 1 is 1.17 bits per heavy atom. The van der Waals surface area contributed by atoms with Crippen LogP contribution in [0.2, 0.25) is 0 Å². The molecule has 3 aliphatic heterocycles. The van der Waals surface area contributed by atoms with Crippen LogP contribution in [0.3, 0.4) is 0 Å². The van der Waals surface area contributed by atoms with Gasteiger partial charge in [-0.25, -0.2) is 0 Å². The van der Waals surface area contributed by atoms with E-state index >= 15 is 0 Å². The van der Waals surface area contributed by atoms with Crippen LogP contribution in [0.25, 0.3) is 0 Å². The molecule has 158 valence electrons. The Bertz CT molecular complexity index is 733. The highest BCUT2D eigenvalue weighted by Gasteiger charge is 2.52. The lowest BCUT2D eigenvalue weighted by atomic mass is 9.77. The second-order valence-electron chi connectivity index (χ2n) is 9.61. The van der Waals surface area contributed by atoms with E-state index in [1.54, 1.807) is 0 Å². The summed E-state index contributed by atoms with van der Waals surface area (Å²) in [6, 6.07) is 9.30. The summed E-state index contributed by atoms with van der Waals surface area (Å²) in [5, 5.41) is 0. The molecule has 4 fully saturated rings. The Hall–Kier alpha value is -1.59. The molecule has 1 spiro atoms. The van der Waals surface area contributed by atoms with Crippen molar-refractivity contribution >= 4 is 5.91 Å². The number of carbonyl (C=O) groups excluding carboxylic acids is 1. The Balaban J connectivity index is 1.12. The summed E-state index contributed by atoms with van der Waals surface area (Å²) < 4.78 is 11.1. The molecule has 0 radical (unpaired) electrons. The largest absolute Gasteiger partial charge is 0.494 e. The molecule has 1 unspecified atom stereocenters. The average Bonchev–Trinajstić information content (AvgIpc) is 3.12. The summed E-state index contributed by atoms with van der Waals surface area (Å²) in [6.07, 6.45) is 6.31. The Morgan fingerprint density at radius 3 is 2.62 bits per heavy atom. The second-order valence-corrected chi connectivity index (χ2v) is 9.61. The fourth-order valence-corrected chi connectivity index (χ4v) is 6.01. The number of likely N-dealkylation sites (tertiary alicyclic amines) is 2. The molecule has 5 nitrogen and oxygen atoms in total. The average molecular weight is 399 g/mol. The number of ether oxygens (including phenoxy) is 2. The molecule has 0 N–H and O–H groups in total. The zero-order chi connectivity index (χ0) is 19.8. The minimum atomic E-state index is 0.142. The third-order valence-corrected chi connectivity index (χ3v) is 7.73. The molecule has 4 aliphatic rings. The van der Waals surface area contributed by atoms with Gasteiger partial charge < -0.3 is 19.3 Å². The van der Waals surface area contributed by atoms with Crippen LogP contribution in [0, 0.1) is 11.3 Å². The lowest BCUT2D eigenvalue weighted by Gasteiger charge is -2.50. The van der Waals surface area contributed by atoms with Crippen molar-refractivity contribution in [2.24, 2.45) is 11.3 Å². The molecule has 5 heteroatoms. The van der Waals surface area contributed by atoms with Crippen LogP contribution in [-0.2, 0) is 9.53 Å². The maximum atomic E-state index is 12.4. The molecule has 1 amide bonds. The van der Waals surface area contributed by atoms with Gasteiger partial charge in [-0.3, -0.25) is 4.79 Å². The molecule has 1 aliphatic carbocycles. The number of nitrogens with zero attached hydrogens (tertiary/aromatic N) is 2. The molecule has 1 saturated carbocycles. The van der Waals surface area contributed by atoms with Crippen LogP contribution in [0.5, 0.6) is 5.75 Å². The third-order valence-electron chi connectivity index (χ3n) is 7.73. The lowest BCUT2D eigenvalue weighted by molar-refractivity contribution is -0.161. The van der Waals surface area contributed by atoms with E-state index in [4.69, 9.17) is 9.47 Å². The van der Waals surface area contributed by atoms with E-state index < -0.39 is 0 Å². The SMILES string of the molecule is CCOc1ccccc1C1CCN(C2CCC3(C2)CN(C(=O)C2COC2)C3)CC1. The van der Waals surface area contributed by atoms with Gasteiger partial charge in [0.2, 0.25) is 5.91 Å². The van der Waals surface area contributed by atoms with Crippen molar-refractivity contribution in [3.05, 3.63) is 29.8 Å². The quantitative estimate of drug-likeness (QED) is 0.763. The predicted octanol–water partition coefficient (Wildman–Crippen LogP) is 3.29. The van der Waals surface area contributed by atoms with Gasteiger partial charge in [0.15, 0.2) is 0 Å². The van der Waals surface area contributed by atoms with Crippen LogP contribution >= 0.6 is 0 Å². The van der Waals surface area contributed by atoms with Crippen LogP contribution in [-0.4, -0.2) is 67.7 Å². The Morgan fingerprint density at radius 2 is 1.93 bits per heavy atom. The van der Waals surface area contributed by atoms with E-state index in [1.165, 1.54) is 50.8 Å². The molecule has 5 rings (SSSR count). The van der Waals surface area contributed by atoms with Gasteiger partial charge >= 0.3 is 0 Å². The number of rotatable bonds is 5. The summed E-state index contributed by atoms with van der Waals surface area (Å²) in [5.41, 5.74) is 1.80. The van der Waals surface area contributed by atoms with Gasteiger partial charge in [0, 0.05) is 24.5 Å². The maximum absolute atomic E-state index is 12.4. The number of hydrogen-bond acceptors (Lipinski definition) is 4. The van der Waals surface area contributed by atoms with Crippen LogP contribution in [0.15, 0.2) is 24.3 Å². The van der Waals surface area contributed by atoms with Gasteiger partial charge in [0.1, 0.15) is 5.75 Å². The molecule has 3 saturated heterocycles. The van der Waals surface area contributed by atoms with Gasteiger partial charge in [-0.05, 0) is 69.7 Å². The van der Waals surface area contributed by atoms with Crippen LogP contribution in [0.1, 0.15) is 50.5 Å². The first kappa shape index (κ1) is 19.4. The van der Waals surface area contributed by atoms with Crippen molar-refractivity contribution in [1.82, 2.24) is 9.80 Å². The van der Waals surface area contributed by atoms with Gasteiger partial charge in [-0.15, -0.1) is 0 Å². The van der Waals surface area contributed by atoms with E-state index in [-0.39, 0.29) is 5.92 Å². The van der Waals surface area contributed by atoms with E-state index in [0.717, 1.165) is 25.4 Å². The molecule has 0 aromatic heterocycles. The van der Waals surface area contributed by atoms with E-state index in [9.17, 15) is 4.79 Å². The molecule has 1 aromatic carbocycles. The number of benzene rings is 1. The number of amides is 1. The van der Waals surface area contributed by atoms with Crippen molar-refractivity contribution in [3.63, 3.8) is 0 Å². The maximum Gasteiger partial charge on any atom is 0.230 e. The van der Waals surface area contributed by atoms with Gasteiger partial charge in [-0.1, -0.05) is 18.2 Å². The summed E-state index contributed by atoms with van der Waals surface area (Å²) in [6.45, 7) is 8.40. The molecule has 0 bridgehead atoms. The topological polar surface area (TPSA) is 42.0 Å². The fraction of sp³-hybridized carbons (Fsp3) is 0.708. The predicted molar refractivity (Wildman–Crippen MR) is 112 cm³/mol. The lowest BCUT2D eigenvalue weighted by Crippen LogP contribution is -2.61. The minimum absolute atomic E-state index is 0.142. The van der Waals surface area contributed by atoms with Gasteiger partial charge in [0.25, 0.3) is 0 Å². The Labute approximate surface area is 174 Å².